The number of carbonyl (C=O) groups is 1. The number of aromatic nitrogens is 1. The molecule has 1 aromatic carbocycles. The molecule has 1 heterocycles. The molecule has 0 saturated carbocycles. The third-order valence-corrected chi connectivity index (χ3v) is 6.52. The van der Waals surface area contributed by atoms with Crippen molar-refractivity contribution in [1.29, 1.82) is 0 Å². The number of amides is 1. The maximum absolute atomic E-state index is 13.3. The van der Waals surface area contributed by atoms with Gasteiger partial charge in [0.2, 0.25) is 15.9 Å². The lowest BCUT2D eigenvalue weighted by Gasteiger charge is -2.30. The Morgan fingerprint density at radius 1 is 1.21 bits per heavy atom. The van der Waals surface area contributed by atoms with E-state index in [1.54, 1.807) is 39.0 Å². The molecule has 0 spiro atoms. The van der Waals surface area contributed by atoms with Crippen LogP contribution in [0.2, 0.25) is 0 Å². The first kappa shape index (κ1) is 26.8. The number of benzene rings is 1. The number of hydrogen-bond donors (Lipinski definition) is 3. The molecule has 10 heteroatoms. The molecule has 0 aliphatic carbocycles. The van der Waals surface area contributed by atoms with Gasteiger partial charge in [-0.2, -0.15) is 0 Å². The third kappa shape index (κ3) is 7.83. The van der Waals surface area contributed by atoms with E-state index in [2.05, 4.69) is 9.71 Å². The minimum atomic E-state index is -3.98. The molecule has 0 saturated heterocycles. The molecule has 1 unspecified atom stereocenters. The molecule has 3 N–H and O–H groups in total. The van der Waals surface area contributed by atoms with Gasteiger partial charge in [0.1, 0.15) is 5.60 Å². The first-order chi connectivity index (χ1) is 15.5. The molecular formula is C23H35N3O6S. The third-order valence-electron chi connectivity index (χ3n) is 4.94. The molecule has 2 aromatic rings. The van der Waals surface area contributed by atoms with Crippen molar-refractivity contribution in [2.45, 2.75) is 69.9 Å². The number of unbranched alkanes of at least 4 members (excludes halogenated alkanes) is 1. The number of ether oxygens (including phenoxy) is 1. The molecule has 0 aliphatic heterocycles. The van der Waals surface area contributed by atoms with Crippen molar-refractivity contribution in [2.75, 3.05) is 19.7 Å². The predicted molar refractivity (Wildman–Crippen MR) is 127 cm³/mol. The Balaban J connectivity index is 2.33. The molecular weight excluding hydrogens is 446 g/mol. The lowest BCUT2D eigenvalue weighted by Crippen LogP contribution is -2.47. The van der Waals surface area contributed by atoms with E-state index < -0.39 is 27.8 Å². The maximum atomic E-state index is 13.3. The highest BCUT2D eigenvalue weighted by Gasteiger charge is 2.28. The van der Waals surface area contributed by atoms with Gasteiger partial charge < -0.3 is 19.8 Å². The molecule has 2 rings (SSSR count). The number of nitrogens with one attached hydrogen (secondary N) is 1. The zero-order chi connectivity index (χ0) is 24.6. The summed E-state index contributed by atoms with van der Waals surface area (Å²) in [6.45, 7) is 7.53. The summed E-state index contributed by atoms with van der Waals surface area (Å²) in [7, 11) is -3.98. The summed E-state index contributed by atoms with van der Waals surface area (Å²) in [6.07, 6.45) is 3.28. The average Bonchev–Trinajstić information content (AvgIpc) is 2.73. The fraction of sp³-hybridized carbons (Fsp3) is 0.565. The van der Waals surface area contributed by atoms with E-state index in [-0.39, 0.29) is 30.5 Å². The van der Waals surface area contributed by atoms with Crippen LogP contribution in [0.25, 0.3) is 10.8 Å². The maximum Gasteiger partial charge on any atom is 0.410 e. The van der Waals surface area contributed by atoms with Gasteiger partial charge in [0, 0.05) is 42.7 Å². The Kier molecular flexibility index (Phi) is 9.45. The molecule has 0 bridgehead atoms. The quantitative estimate of drug-likeness (QED) is 0.448. The van der Waals surface area contributed by atoms with Crippen molar-refractivity contribution < 1.29 is 28.2 Å². The molecule has 1 aromatic heterocycles. The summed E-state index contributed by atoms with van der Waals surface area (Å²) in [6, 6.07) is 5.60. The first-order valence-corrected chi connectivity index (χ1v) is 12.6. The number of aromatic hydroxyl groups is 1. The first-order valence-electron chi connectivity index (χ1n) is 11.2. The number of fused-ring (bicyclic) bond motifs is 1. The van der Waals surface area contributed by atoms with Gasteiger partial charge in [0.15, 0.2) is 0 Å². The highest BCUT2D eigenvalue weighted by atomic mass is 32.2. The van der Waals surface area contributed by atoms with Gasteiger partial charge in [0.05, 0.1) is 4.90 Å². The fourth-order valence-electron chi connectivity index (χ4n) is 3.43. The van der Waals surface area contributed by atoms with Crippen molar-refractivity contribution in [3.63, 3.8) is 0 Å². The summed E-state index contributed by atoms with van der Waals surface area (Å²) >= 11 is 0. The van der Waals surface area contributed by atoms with Gasteiger partial charge in [0.25, 0.3) is 0 Å². The van der Waals surface area contributed by atoms with Crippen molar-refractivity contribution >= 4 is 26.9 Å². The van der Waals surface area contributed by atoms with Crippen molar-refractivity contribution in [3.8, 4) is 5.88 Å². The fourth-order valence-corrected chi connectivity index (χ4v) is 4.91. The molecule has 33 heavy (non-hydrogen) atoms. The second kappa shape index (κ2) is 11.6. The number of nitrogens with zero attached hydrogens (tertiary/aromatic N) is 2. The van der Waals surface area contributed by atoms with Crippen LogP contribution in [-0.2, 0) is 14.8 Å². The van der Waals surface area contributed by atoms with Crippen LogP contribution in [0.15, 0.2) is 35.4 Å². The standard InChI is InChI=1S/C23H35N3O6S/c1-5-6-9-17(16-26(14-8-15-27)22(29)32-23(2,3)4)25-33(30,31)20-11-7-10-19-18(20)12-13-24-21(19)28/h7,10-13,17,25,27H,5-6,8-9,14-16H2,1-4H3,(H,24,28). The van der Waals surface area contributed by atoms with Gasteiger partial charge in [-0.05, 0) is 51.8 Å². The van der Waals surface area contributed by atoms with Crippen LogP contribution >= 0.6 is 0 Å². The second-order valence-electron chi connectivity index (χ2n) is 8.95. The number of pyridine rings is 1. The van der Waals surface area contributed by atoms with E-state index in [9.17, 15) is 23.4 Å². The number of sulfonamides is 1. The summed E-state index contributed by atoms with van der Waals surface area (Å²) in [4.78, 5) is 18.0. The second-order valence-corrected chi connectivity index (χ2v) is 10.6. The van der Waals surface area contributed by atoms with Gasteiger partial charge in [-0.1, -0.05) is 25.8 Å². The minimum absolute atomic E-state index is 0.0263. The average molecular weight is 482 g/mol. The Bertz CT molecular complexity index is 1040. The zero-order valence-electron chi connectivity index (χ0n) is 19.7. The highest BCUT2D eigenvalue weighted by Crippen LogP contribution is 2.28. The number of hydrogen-bond acceptors (Lipinski definition) is 7. The number of rotatable bonds is 11. The van der Waals surface area contributed by atoms with Crippen LogP contribution in [0.1, 0.15) is 53.4 Å². The summed E-state index contributed by atoms with van der Waals surface area (Å²) in [5.41, 5.74) is -0.702. The SMILES string of the molecule is CCCCC(CN(CCCO)C(=O)OC(C)(C)C)NS(=O)(=O)c1cccc2c(O)nccc12. The van der Waals surface area contributed by atoms with E-state index >= 15 is 0 Å². The van der Waals surface area contributed by atoms with Gasteiger partial charge in [-0.3, -0.25) is 0 Å². The van der Waals surface area contributed by atoms with Crippen LogP contribution in [-0.4, -0.2) is 65.9 Å². The minimum Gasteiger partial charge on any atom is -0.493 e. The van der Waals surface area contributed by atoms with Crippen molar-refractivity contribution in [1.82, 2.24) is 14.6 Å². The topological polar surface area (TPSA) is 129 Å². The highest BCUT2D eigenvalue weighted by molar-refractivity contribution is 7.89. The van der Waals surface area contributed by atoms with E-state index in [0.717, 1.165) is 12.8 Å². The van der Waals surface area contributed by atoms with Crippen LogP contribution in [0.4, 0.5) is 4.79 Å². The molecule has 9 nitrogen and oxygen atoms in total. The van der Waals surface area contributed by atoms with Crippen LogP contribution in [0, 0.1) is 0 Å². The zero-order valence-corrected chi connectivity index (χ0v) is 20.6. The molecule has 0 fully saturated rings. The molecule has 0 aliphatic rings. The Morgan fingerprint density at radius 2 is 1.94 bits per heavy atom. The van der Waals surface area contributed by atoms with Gasteiger partial charge in [-0.25, -0.2) is 22.9 Å². The normalized spacial score (nSPS) is 13.1. The smallest absolute Gasteiger partial charge is 0.410 e. The summed E-state index contributed by atoms with van der Waals surface area (Å²) < 4.78 is 34.9. The van der Waals surface area contributed by atoms with E-state index in [1.165, 1.54) is 17.2 Å². The lowest BCUT2D eigenvalue weighted by molar-refractivity contribution is 0.0224. The summed E-state index contributed by atoms with van der Waals surface area (Å²) in [5.74, 6) is -0.243. The number of aliphatic hydroxyl groups excluding tert-OH is 1. The number of carbonyl (C=O) groups excluding carboxylic acids is 1. The number of aliphatic hydroxyl groups is 1. The van der Waals surface area contributed by atoms with E-state index in [4.69, 9.17) is 4.74 Å². The van der Waals surface area contributed by atoms with Crippen molar-refractivity contribution in [2.24, 2.45) is 0 Å². The van der Waals surface area contributed by atoms with Crippen LogP contribution in [0.3, 0.4) is 0 Å². The molecule has 1 amide bonds. The van der Waals surface area contributed by atoms with Gasteiger partial charge in [-0.15, -0.1) is 0 Å². The molecule has 0 radical (unpaired) electrons. The lowest BCUT2D eigenvalue weighted by atomic mass is 10.1. The summed E-state index contributed by atoms with van der Waals surface area (Å²) in [5, 5.41) is 20.0. The van der Waals surface area contributed by atoms with Crippen LogP contribution in [0.5, 0.6) is 5.88 Å². The predicted octanol–water partition coefficient (Wildman–Crippen LogP) is 3.40. The largest absolute Gasteiger partial charge is 0.493 e. The monoisotopic (exact) mass is 481 g/mol. The Hall–Kier alpha value is -2.43. The van der Waals surface area contributed by atoms with Crippen LogP contribution < -0.4 is 4.72 Å². The molecule has 184 valence electrons. The van der Waals surface area contributed by atoms with Crippen molar-refractivity contribution in [3.05, 3.63) is 30.5 Å². The van der Waals surface area contributed by atoms with Gasteiger partial charge >= 0.3 is 6.09 Å². The van der Waals surface area contributed by atoms with E-state index in [0.29, 0.717) is 23.6 Å². The van der Waals surface area contributed by atoms with E-state index in [1.807, 2.05) is 6.92 Å². The molecule has 1 atom stereocenters. The Morgan fingerprint density at radius 3 is 2.58 bits per heavy atom. The Labute approximate surface area is 195 Å².